The highest BCUT2D eigenvalue weighted by molar-refractivity contribution is 7.91. The summed E-state index contributed by atoms with van der Waals surface area (Å²) in [7, 11) is -3.01. The van der Waals surface area contributed by atoms with Gasteiger partial charge in [0.05, 0.1) is 23.7 Å². The van der Waals surface area contributed by atoms with Gasteiger partial charge in [-0.1, -0.05) is 48.9 Å². The first-order valence-corrected chi connectivity index (χ1v) is 13.5. The molecule has 172 valence electrons. The summed E-state index contributed by atoms with van der Waals surface area (Å²) in [5, 5.41) is 8.71. The minimum absolute atomic E-state index is 0.221. The average molecular weight is 449 g/mol. The number of aryl methyl sites for hydroxylation is 1. The zero-order valence-corrected chi connectivity index (χ0v) is 19.1. The van der Waals surface area contributed by atoms with Crippen LogP contribution in [0, 0.1) is 11.8 Å². The van der Waals surface area contributed by atoms with Crippen LogP contribution in [0.4, 0.5) is 0 Å². The number of rotatable bonds is 14. The number of fused-ring (bicyclic) bond motifs is 2. The van der Waals surface area contributed by atoms with Crippen LogP contribution in [-0.2, 0) is 25.8 Å². The summed E-state index contributed by atoms with van der Waals surface area (Å²) in [6.45, 7) is 0. The van der Waals surface area contributed by atoms with E-state index in [9.17, 15) is 13.2 Å². The fourth-order valence-corrected chi connectivity index (χ4v) is 6.46. The van der Waals surface area contributed by atoms with Gasteiger partial charge in [-0.25, -0.2) is 8.42 Å². The molecule has 2 heterocycles. The van der Waals surface area contributed by atoms with E-state index in [4.69, 9.17) is 9.84 Å². The number of carboxylic acids is 1. The molecule has 2 aliphatic rings. The van der Waals surface area contributed by atoms with E-state index in [-0.39, 0.29) is 17.9 Å². The molecule has 1 N–H and O–H groups in total. The van der Waals surface area contributed by atoms with Gasteiger partial charge >= 0.3 is 5.97 Å². The summed E-state index contributed by atoms with van der Waals surface area (Å²) >= 11 is 0. The van der Waals surface area contributed by atoms with Crippen LogP contribution in [0.25, 0.3) is 0 Å². The number of allylic oxidation sites excluding steroid dienone is 2. The minimum Gasteiger partial charge on any atom is -0.481 e. The Morgan fingerprint density at radius 2 is 1.74 bits per heavy atom. The van der Waals surface area contributed by atoms with E-state index in [1.54, 1.807) is 0 Å². The number of ether oxygens (including phenoxy) is 1. The molecule has 1 aromatic carbocycles. The highest BCUT2D eigenvalue weighted by atomic mass is 32.2. The maximum atomic E-state index is 12.4. The third-order valence-corrected chi connectivity index (χ3v) is 8.45. The van der Waals surface area contributed by atoms with Crippen molar-refractivity contribution in [3.8, 4) is 0 Å². The Bertz CT molecular complexity index is 818. The van der Waals surface area contributed by atoms with Gasteiger partial charge in [-0.3, -0.25) is 4.79 Å². The van der Waals surface area contributed by atoms with Crippen molar-refractivity contribution in [2.45, 2.75) is 76.4 Å². The van der Waals surface area contributed by atoms with Gasteiger partial charge in [0.25, 0.3) is 0 Å². The van der Waals surface area contributed by atoms with E-state index in [2.05, 4.69) is 12.2 Å². The topological polar surface area (TPSA) is 80.7 Å². The van der Waals surface area contributed by atoms with Crippen molar-refractivity contribution in [2.24, 2.45) is 11.8 Å². The number of hydrogen-bond acceptors (Lipinski definition) is 4. The van der Waals surface area contributed by atoms with E-state index in [0.717, 1.165) is 50.5 Å². The molecule has 4 atom stereocenters. The van der Waals surface area contributed by atoms with Crippen molar-refractivity contribution >= 4 is 15.8 Å². The molecule has 0 aliphatic carbocycles. The number of unbranched alkanes of at least 4 members (excludes halogenated alkanes) is 2. The van der Waals surface area contributed by atoms with Crippen LogP contribution in [0.1, 0.15) is 63.4 Å². The molecular formula is C25H36O5S. The third-order valence-electron chi connectivity index (χ3n) is 6.71. The molecule has 0 radical (unpaired) electrons. The molecule has 2 aliphatic heterocycles. The van der Waals surface area contributed by atoms with Crippen LogP contribution < -0.4 is 0 Å². The van der Waals surface area contributed by atoms with Gasteiger partial charge in [-0.2, -0.15) is 0 Å². The van der Waals surface area contributed by atoms with Crippen LogP contribution in [0.2, 0.25) is 0 Å². The largest absolute Gasteiger partial charge is 0.481 e. The predicted molar refractivity (Wildman–Crippen MR) is 123 cm³/mol. The van der Waals surface area contributed by atoms with E-state index >= 15 is 0 Å². The molecule has 0 aromatic heterocycles. The molecule has 3 rings (SSSR count). The van der Waals surface area contributed by atoms with Crippen molar-refractivity contribution in [1.29, 1.82) is 0 Å². The summed E-state index contributed by atoms with van der Waals surface area (Å²) in [6.07, 6.45) is 13.2. The molecule has 31 heavy (non-hydrogen) atoms. The summed E-state index contributed by atoms with van der Waals surface area (Å²) in [5.74, 6) is 0.801. The zero-order chi connectivity index (χ0) is 22.1. The molecule has 5 nitrogen and oxygen atoms in total. The number of carboxylic acid groups (broad SMARTS) is 1. The summed E-state index contributed by atoms with van der Waals surface area (Å²) in [5.41, 5.74) is 1.07. The highest BCUT2D eigenvalue weighted by Crippen LogP contribution is 2.47. The quantitative estimate of drug-likeness (QED) is 0.326. The second-order valence-electron chi connectivity index (χ2n) is 8.99. The Kier molecular flexibility index (Phi) is 9.15. The van der Waals surface area contributed by atoms with Crippen molar-refractivity contribution < 1.29 is 23.1 Å². The van der Waals surface area contributed by atoms with Gasteiger partial charge in [0.2, 0.25) is 0 Å². The van der Waals surface area contributed by atoms with Gasteiger partial charge in [-0.05, 0) is 68.8 Å². The first kappa shape index (κ1) is 24.0. The van der Waals surface area contributed by atoms with Crippen LogP contribution in [0.5, 0.6) is 0 Å². The second kappa shape index (κ2) is 11.8. The Labute approximate surface area is 186 Å². The lowest BCUT2D eigenvalue weighted by Gasteiger charge is -2.27. The average Bonchev–Trinajstić information content (AvgIpc) is 3.35. The van der Waals surface area contributed by atoms with Crippen molar-refractivity contribution in [1.82, 2.24) is 0 Å². The van der Waals surface area contributed by atoms with E-state index < -0.39 is 15.8 Å². The molecular weight excluding hydrogens is 412 g/mol. The number of sulfone groups is 1. The maximum Gasteiger partial charge on any atom is 0.303 e. The Morgan fingerprint density at radius 3 is 2.48 bits per heavy atom. The monoisotopic (exact) mass is 448 g/mol. The third kappa shape index (κ3) is 7.76. The van der Waals surface area contributed by atoms with Crippen LogP contribution in [-0.4, -0.2) is 43.2 Å². The van der Waals surface area contributed by atoms with Crippen LogP contribution >= 0.6 is 0 Å². The van der Waals surface area contributed by atoms with Crippen molar-refractivity contribution in [2.75, 3.05) is 11.5 Å². The Hall–Kier alpha value is -1.66. The summed E-state index contributed by atoms with van der Waals surface area (Å²) in [4.78, 5) is 10.6. The molecule has 2 bridgehead atoms. The lowest BCUT2D eigenvalue weighted by atomic mass is 9.75. The molecule has 0 saturated carbocycles. The fraction of sp³-hybridized carbons (Fsp3) is 0.640. The molecule has 0 amide bonds. The lowest BCUT2D eigenvalue weighted by molar-refractivity contribution is -0.137. The highest BCUT2D eigenvalue weighted by Gasteiger charge is 2.47. The fourth-order valence-electron chi connectivity index (χ4n) is 5.06. The first-order chi connectivity index (χ1) is 14.9. The van der Waals surface area contributed by atoms with Crippen LogP contribution in [0.3, 0.4) is 0 Å². The Balaban J connectivity index is 1.37. The summed E-state index contributed by atoms with van der Waals surface area (Å²) < 4.78 is 30.9. The van der Waals surface area contributed by atoms with Gasteiger partial charge in [0, 0.05) is 6.42 Å². The van der Waals surface area contributed by atoms with Gasteiger partial charge in [0.1, 0.15) is 0 Å². The van der Waals surface area contributed by atoms with E-state index in [1.807, 2.05) is 30.3 Å². The predicted octanol–water partition coefficient (Wildman–Crippen LogP) is 4.81. The number of carbonyl (C=O) groups is 1. The maximum absolute atomic E-state index is 12.4. The van der Waals surface area contributed by atoms with E-state index in [0.29, 0.717) is 36.9 Å². The van der Waals surface area contributed by atoms with Crippen LogP contribution in [0.15, 0.2) is 42.5 Å². The molecule has 1 aromatic rings. The van der Waals surface area contributed by atoms with Gasteiger partial charge in [-0.15, -0.1) is 0 Å². The molecule has 2 fully saturated rings. The number of aliphatic carboxylic acids is 1. The number of hydrogen-bond donors (Lipinski definition) is 1. The smallest absolute Gasteiger partial charge is 0.303 e. The normalized spacial score (nSPS) is 25.4. The van der Waals surface area contributed by atoms with Crippen molar-refractivity contribution in [3.05, 3.63) is 48.0 Å². The molecule has 0 spiro atoms. The van der Waals surface area contributed by atoms with Gasteiger partial charge < -0.3 is 9.84 Å². The molecule has 6 heteroatoms. The number of benzene rings is 1. The zero-order valence-electron chi connectivity index (χ0n) is 18.3. The van der Waals surface area contributed by atoms with Gasteiger partial charge in [0.15, 0.2) is 9.84 Å². The first-order valence-electron chi connectivity index (χ1n) is 11.7. The molecule has 2 saturated heterocycles. The Morgan fingerprint density at radius 1 is 1.00 bits per heavy atom. The SMILES string of the molecule is O=C(O)CCC/C=C\C[C@@H]1[C@H](CCCCS(=O)(=O)CCc2ccccc2)[C@@H]2CC[C@H]1O2. The minimum atomic E-state index is -3.01. The van der Waals surface area contributed by atoms with E-state index in [1.165, 1.54) is 0 Å². The standard InChI is InChI=1S/C25H36O5S/c26-25(27)14-7-2-1-6-12-21-22(24-16-15-23(21)30-24)13-8-9-18-31(28,29)19-17-20-10-4-3-5-11-20/h1,3-6,10-11,21-24H,2,7-9,12-19H2,(H,26,27)/b6-1-/t21-,22+,23-,24+/m1/s1. The second-order valence-corrected chi connectivity index (χ2v) is 11.3. The lowest BCUT2D eigenvalue weighted by Crippen LogP contribution is -2.27. The van der Waals surface area contributed by atoms with Crippen molar-refractivity contribution in [3.63, 3.8) is 0 Å². The molecule has 0 unspecified atom stereocenters. The summed E-state index contributed by atoms with van der Waals surface area (Å²) in [6, 6.07) is 9.79.